The Kier molecular flexibility index (Phi) is 29.7. The van der Waals surface area contributed by atoms with Crippen LogP contribution in [0.2, 0.25) is 0 Å². The molecule has 1 aliphatic heterocycles. The van der Waals surface area contributed by atoms with Crippen molar-refractivity contribution in [1.82, 2.24) is 0 Å². The van der Waals surface area contributed by atoms with Gasteiger partial charge in [-0.3, -0.25) is 14.1 Å². The van der Waals surface area contributed by atoms with Crippen LogP contribution in [0.15, 0.2) is 60.8 Å². The Balaban J connectivity index is 2.55. The molecule has 0 aliphatic carbocycles. The molecule has 12 nitrogen and oxygen atoms in total. The summed E-state index contributed by atoms with van der Waals surface area (Å²) in [5.41, 5.74) is 0. The van der Waals surface area contributed by atoms with Gasteiger partial charge in [-0.25, -0.2) is 0 Å². The predicted molar refractivity (Wildman–Crippen MR) is 215 cm³/mol. The molecule has 0 amide bonds. The Hall–Kier alpha value is -2.65. The van der Waals surface area contributed by atoms with Gasteiger partial charge in [0.2, 0.25) is 0 Å². The largest absolute Gasteiger partial charge is 0.462 e. The molecule has 4 N–H and O–H groups in total. The maximum atomic E-state index is 12.7. The number of rotatable bonds is 32. The van der Waals surface area contributed by atoms with Crippen molar-refractivity contribution in [3.8, 4) is 0 Å². The summed E-state index contributed by atoms with van der Waals surface area (Å²) >= 11 is 0. The van der Waals surface area contributed by atoms with E-state index in [2.05, 4.69) is 62.5 Å². The van der Waals surface area contributed by atoms with Crippen LogP contribution in [-0.2, 0) is 38.7 Å². The molecule has 1 saturated heterocycles. The maximum Gasteiger partial charge on any atom is 0.306 e. The number of carbonyl (C=O) groups excluding carboxylic acids is 2. The normalized spacial score (nSPS) is 21.5. The van der Waals surface area contributed by atoms with Gasteiger partial charge in [0.05, 0.1) is 6.61 Å². The van der Waals surface area contributed by atoms with E-state index in [1.54, 1.807) is 0 Å². The smallest absolute Gasteiger partial charge is 0.306 e. The molecule has 0 aromatic rings. The van der Waals surface area contributed by atoms with Crippen molar-refractivity contribution in [2.75, 3.05) is 19.0 Å². The molecule has 0 aromatic carbocycles. The summed E-state index contributed by atoms with van der Waals surface area (Å²) in [5, 5.41) is 30.8. The van der Waals surface area contributed by atoms with Gasteiger partial charge >= 0.3 is 11.9 Å². The molecule has 6 atom stereocenters. The average Bonchev–Trinajstić information content (AvgIpc) is 3.14. The molecule has 1 aliphatic rings. The van der Waals surface area contributed by atoms with E-state index in [-0.39, 0.29) is 19.4 Å². The first-order chi connectivity index (χ1) is 26.5. The van der Waals surface area contributed by atoms with E-state index in [1.165, 1.54) is 38.5 Å². The van der Waals surface area contributed by atoms with Crippen LogP contribution in [0.1, 0.15) is 136 Å². The second kappa shape index (κ2) is 32.4. The summed E-state index contributed by atoms with van der Waals surface area (Å²) in [6.07, 6.45) is 28.6. The molecule has 2 unspecified atom stereocenters. The predicted octanol–water partition coefficient (Wildman–Crippen LogP) is 7.39. The molecular formula is C42H70O12S. The van der Waals surface area contributed by atoms with Crippen LogP contribution in [0.3, 0.4) is 0 Å². The first-order valence-corrected chi connectivity index (χ1v) is 22.0. The van der Waals surface area contributed by atoms with Gasteiger partial charge in [0.15, 0.2) is 12.4 Å². The number of aliphatic hydroxyl groups excluding tert-OH is 3. The third kappa shape index (κ3) is 27.6. The SMILES string of the molecule is CC/C=C/C/C=C/C/C=C/C/C=C/C/C=C/CCCC(=O)O[C@H](COC(=O)CCCCCCCCCCCC)CO[C@H]1O[C@H](CS(=O)(=O)O)[C@@H](O)C(O)C1O. The molecule has 0 spiro atoms. The summed E-state index contributed by atoms with van der Waals surface area (Å²) in [6.45, 7) is 3.55. The van der Waals surface area contributed by atoms with Gasteiger partial charge in [-0.1, -0.05) is 132 Å². The fraction of sp³-hybridized carbons (Fsp3) is 0.714. The lowest BCUT2D eigenvalue weighted by atomic mass is 10.00. The molecule has 0 bridgehead atoms. The van der Waals surface area contributed by atoms with E-state index in [0.717, 1.165) is 51.4 Å². The molecule has 13 heteroatoms. The number of aliphatic hydroxyl groups is 3. The van der Waals surface area contributed by atoms with Crippen LogP contribution in [0, 0.1) is 0 Å². The lowest BCUT2D eigenvalue weighted by Gasteiger charge is -2.40. The van der Waals surface area contributed by atoms with Crippen LogP contribution < -0.4 is 0 Å². The van der Waals surface area contributed by atoms with Gasteiger partial charge in [0.1, 0.15) is 36.8 Å². The molecule has 1 heterocycles. The van der Waals surface area contributed by atoms with E-state index in [0.29, 0.717) is 19.3 Å². The third-order valence-corrected chi connectivity index (χ3v) is 9.61. The second-order valence-corrected chi connectivity index (χ2v) is 15.4. The minimum absolute atomic E-state index is 0.0846. The Morgan fingerprint density at radius 3 is 1.69 bits per heavy atom. The second-order valence-electron chi connectivity index (χ2n) is 13.9. The fourth-order valence-electron chi connectivity index (χ4n) is 5.71. The van der Waals surface area contributed by atoms with Crippen molar-refractivity contribution in [3.63, 3.8) is 0 Å². The Morgan fingerprint density at radius 2 is 1.15 bits per heavy atom. The van der Waals surface area contributed by atoms with E-state index in [1.807, 2.05) is 12.2 Å². The van der Waals surface area contributed by atoms with Crippen LogP contribution in [0.4, 0.5) is 0 Å². The molecular weight excluding hydrogens is 729 g/mol. The number of unbranched alkanes of at least 4 members (excludes halogenated alkanes) is 10. The topological polar surface area (TPSA) is 186 Å². The number of esters is 2. The van der Waals surface area contributed by atoms with Crippen LogP contribution >= 0.6 is 0 Å². The van der Waals surface area contributed by atoms with Gasteiger partial charge in [-0.05, 0) is 51.4 Å². The minimum atomic E-state index is -4.61. The number of allylic oxidation sites excluding steroid dienone is 10. The Morgan fingerprint density at radius 1 is 0.636 bits per heavy atom. The molecule has 1 fully saturated rings. The van der Waals surface area contributed by atoms with Crippen molar-refractivity contribution in [2.45, 2.75) is 173 Å². The monoisotopic (exact) mass is 798 g/mol. The maximum absolute atomic E-state index is 12.7. The number of ether oxygens (including phenoxy) is 4. The highest BCUT2D eigenvalue weighted by molar-refractivity contribution is 7.85. The zero-order chi connectivity index (χ0) is 40.6. The van der Waals surface area contributed by atoms with Gasteiger partial charge in [0, 0.05) is 12.8 Å². The van der Waals surface area contributed by atoms with Gasteiger partial charge in [-0.15, -0.1) is 0 Å². The molecule has 316 valence electrons. The number of carbonyl (C=O) groups is 2. The lowest BCUT2D eigenvalue weighted by Crippen LogP contribution is -2.60. The highest BCUT2D eigenvalue weighted by Crippen LogP contribution is 2.24. The summed E-state index contributed by atoms with van der Waals surface area (Å²) in [7, 11) is -4.61. The van der Waals surface area contributed by atoms with Crippen LogP contribution in [0.5, 0.6) is 0 Å². The van der Waals surface area contributed by atoms with Gasteiger partial charge in [-0.2, -0.15) is 8.42 Å². The van der Waals surface area contributed by atoms with Crippen LogP contribution in [0.25, 0.3) is 0 Å². The fourth-order valence-corrected chi connectivity index (χ4v) is 6.40. The molecule has 0 saturated carbocycles. The third-order valence-electron chi connectivity index (χ3n) is 8.86. The standard InChI is InChI=1S/C42H70O12S/c1-3-5-7-9-11-13-15-16-17-18-19-20-21-23-25-27-29-31-38(44)53-35(32-51-37(43)30-28-26-24-22-14-12-10-8-6-4-2)33-52-42-41(47)40(46)39(45)36(54-42)34-55(48,49)50/h5,7,11,13,16-17,19-20,23,25,35-36,39-42,45-47H,3-4,6,8-10,12,14-15,18,21-22,24,26-34H2,1-2H3,(H,48,49,50)/b7-5+,13-11+,17-16+,20-19+,25-23+/t35-,36-,39-,40?,41?,42+/m1/s1. The van der Waals surface area contributed by atoms with Crippen LogP contribution in [-0.4, -0.2) is 96.0 Å². The zero-order valence-electron chi connectivity index (χ0n) is 33.3. The van der Waals surface area contributed by atoms with Gasteiger partial charge in [0.25, 0.3) is 10.1 Å². The lowest BCUT2D eigenvalue weighted by molar-refractivity contribution is -0.297. The number of hydrogen-bond donors (Lipinski definition) is 4. The first kappa shape index (κ1) is 50.4. The average molecular weight is 799 g/mol. The van der Waals surface area contributed by atoms with E-state index < -0.39 is 71.2 Å². The van der Waals surface area contributed by atoms with E-state index in [9.17, 15) is 37.9 Å². The minimum Gasteiger partial charge on any atom is -0.462 e. The van der Waals surface area contributed by atoms with Crippen molar-refractivity contribution in [3.05, 3.63) is 60.8 Å². The quantitative estimate of drug-likeness (QED) is 0.0229. The van der Waals surface area contributed by atoms with E-state index >= 15 is 0 Å². The Bertz CT molecular complexity index is 1260. The van der Waals surface area contributed by atoms with Gasteiger partial charge < -0.3 is 34.3 Å². The molecule has 0 aromatic heterocycles. The summed E-state index contributed by atoms with van der Waals surface area (Å²) in [5.74, 6) is -2.07. The van der Waals surface area contributed by atoms with Crippen molar-refractivity contribution >= 4 is 22.1 Å². The highest BCUT2D eigenvalue weighted by atomic mass is 32.2. The summed E-state index contributed by atoms with van der Waals surface area (Å²) in [4.78, 5) is 25.2. The van der Waals surface area contributed by atoms with Crippen molar-refractivity contribution in [1.29, 1.82) is 0 Å². The van der Waals surface area contributed by atoms with Crippen molar-refractivity contribution < 1.29 is 56.8 Å². The van der Waals surface area contributed by atoms with Crippen molar-refractivity contribution in [2.24, 2.45) is 0 Å². The molecule has 1 rings (SSSR count). The summed E-state index contributed by atoms with van der Waals surface area (Å²) < 4.78 is 53.8. The van der Waals surface area contributed by atoms with E-state index in [4.69, 9.17) is 18.9 Å². The Labute approximate surface area is 330 Å². The zero-order valence-corrected chi connectivity index (χ0v) is 34.1. The summed E-state index contributed by atoms with van der Waals surface area (Å²) in [6, 6.07) is 0. The highest BCUT2D eigenvalue weighted by Gasteiger charge is 2.46. The molecule has 55 heavy (non-hydrogen) atoms. The number of hydrogen-bond acceptors (Lipinski definition) is 11. The first-order valence-electron chi connectivity index (χ1n) is 20.3. The molecule has 0 radical (unpaired) electrons.